The summed E-state index contributed by atoms with van der Waals surface area (Å²) in [5, 5.41) is 0.562. The van der Waals surface area contributed by atoms with Crippen molar-refractivity contribution in [1.29, 1.82) is 0 Å². The average Bonchev–Trinajstić information content (AvgIpc) is 3.22. The van der Waals surface area contributed by atoms with Crippen LogP contribution in [0.25, 0.3) is 6.08 Å². The standard InChI is InChI=1S/C30H25ClN2O4S/c1-3-36-29(35)26-19(2)32-30-33(27(26)21-13-15-23(31)16-14-21)28(34)25(38-30)17-22-11-7-8-12-24(22)37-18-20-9-5-4-6-10-20/h4-17,27H,3,18H2,1-2H3/b25-17+/t27-/m0/s1. The number of carbonyl (C=O) groups excluding carboxylic acids is 1. The Kier molecular flexibility index (Phi) is 7.58. The average molecular weight is 545 g/mol. The zero-order valence-corrected chi connectivity index (χ0v) is 22.5. The van der Waals surface area contributed by atoms with E-state index < -0.39 is 12.0 Å². The number of aromatic nitrogens is 1. The van der Waals surface area contributed by atoms with Gasteiger partial charge in [-0.15, -0.1) is 0 Å². The van der Waals surface area contributed by atoms with Crippen LogP contribution in [0.1, 0.15) is 36.6 Å². The van der Waals surface area contributed by atoms with Crippen molar-refractivity contribution in [2.75, 3.05) is 6.61 Å². The molecule has 0 N–H and O–H groups in total. The highest BCUT2D eigenvalue weighted by atomic mass is 35.5. The first-order valence-electron chi connectivity index (χ1n) is 12.2. The number of esters is 1. The molecular formula is C30H25ClN2O4S. The van der Waals surface area contributed by atoms with Crippen LogP contribution in [0.15, 0.2) is 99.9 Å². The monoisotopic (exact) mass is 544 g/mol. The molecule has 0 fully saturated rings. The largest absolute Gasteiger partial charge is 0.488 e. The highest BCUT2D eigenvalue weighted by molar-refractivity contribution is 7.07. The third kappa shape index (κ3) is 5.21. The first-order chi connectivity index (χ1) is 18.5. The van der Waals surface area contributed by atoms with Gasteiger partial charge in [-0.1, -0.05) is 83.6 Å². The van der Waals surface area contributed by atoms with Crippen molar-refractivity contribution in [1.82, 2.24) is 4.57 Å². The molecule has 6 nitrogen and oxygen atoms in total. The molecule has 3 aromatic carbocycles. The molecule has 0 saturated heterocycles. The molecule has 2 heterocycles. The van der Waals surface area contributed by atoms with Gasteiger partial charge >= 0.3 is 5.97 Å². The molecule has 0 amide bonds. The van der Waals surface area contributed by atoms with E-state index in [1.165, 1.54) is 11.3 Å². The second-order valence-corrected chi connectivity index (χ2v) is 10.1. The van der Waals surface area contributed by atoms with E-state index in [2.05, 4.69) is 4.99 Å². The van der Waals surface area contributed by atoms with Gasteiger partial charge in [-0.3, -0.25) is 9.36 Å². The van der Waals surface area contributed by atoms with Gasteiger partial charge < -0.3 is 9.47 Å². The maximum Gasteiger partial charge on any atom is 0.338 e. The molecule has 38 heavy (non-hydrogen) atoms. The number of para-hydroxylation sites is 1. The van der Waals surface area contributed by atoms with E-state index in [1.807, 2.05) is 72.8 Å². The van der Waals surface area contributed by atoms with Crippen LogP contribution in [0, 0.1) is 0 Å². The number of carbonyl (C=O) groups is 1. The molecule has 0 spiro atoms. The molecule has 192 valence electrons. The van der Waals surface area contributed by atoms with Crippen LogP contribution in [-0.4, -0.2) is 17.1 Å². The minimum Gasteiger partial charge on any atom is -0.488 e. The van der Waals surface area contributed by atoms with Gasteiger partial charge in [-0.05, 0) is 49.2 Å². The van der Waals surface area contributed by atoms with Gasteiger partial charge in [0.2, 0.25) is 0 Å². The highest BCUT2D eigenvalue weighted by Gasteiger charge is 2.33. The summed E-state index contributed by atoms with van der Waals surface area (Å²) in [7, 11) is 0. The van der Waals surface area contributed by atoms with Crippen LogP contribution in [0.3, 0.4) is 0 Å². The third-order valence-electron chi connectivity index (χ3n) is 6.15. The Hall–Kier alpha value is -3.94. The van der Waals surface area contributed by atoms with Gasteiger partial charge in [0.1, 0.15) is 12.4 Å². The van der Waals surface area contributed by atoms with Crippen LogP contribution in [0.2, 0.25) is 5.02 Å². The molecule has 5 rings (SSSR count). The predicted molar refractivity (Wildman–Crippen MR) is 149 cm³/mol. The van der Waals surface area contributed by atoms with Gasteiger partial charge in [0, 0.05) is 10.6 Å². The van der Waals surface area contributed by atoms with Crippen molar-refractivity contribution in [3.63, 3.8) is 0 Å². The van der Waals surface area contributed by atoms with Crippen LogP contribution >= 0.6 is 22.9 Å². The molecule has 1 aliphatic heterocycles. The van der Waals surface area contributed by atoms with Gasteiger partial charge in [-0.25, -0.2) is 9.79 Å². The number of nitrogens with zero attached hydrogens (tertiary/aromatic N) is 2. The van der Waals surface area contributed by atoms with E-state index in [4.69, 9.17) is 21.1 Å². The van der Waals surface area contributed by atoms with Crippen molar-refractivity contribution < 1.29 is 14.3 Å². The van der Waals surface area contributed by atoms with E-state index in [9.17, 15) is 9.59 Å². The number of hydrogen-bond donors (Lipinski definition) is 0. The second kappa shape index (κ2) is 11.2. The van der Waals surface area contributed by atoms with Gasteiger partial charge in [0.25, 0.3) is 5.56 Å². The third-order valence-corrected chi connectivity index (χ3v) is 7.38. The van der Waals surface area contributed by atoms with Gasteiger partial charge in [0.05, 0.1) is 28.5 Å². The molecule has 0 radical (unpaired) electrons. The number of halogens is 1. The van der Waals surface area contributed by atoms with Crippen LogP contribution in [0.4, 0.5) is 0 Å². The minimum atomic E-state index is -0.686. The summed E-state index contributed by atoms with van der Waals surface area (Å²) in [6, 6.07) is 23.9. The fourth-order valence-corrected chi connectivity index (χ4v) is 5.52. The second-order valence-electron chi connectivity index (χ2n) is 8.67. The van der Waals surface area contributed by atoms with Gasteiger partial charge in [-0.2, -0.15) is 0 Å². The molecule has 1 atom stereocenters. The Labute approximate surface area is 228 Å². The highest BCUT2D eigenvalue weighted by Crippen LogP contribution is 2.31. The molecule has 1 aliphatic rings. The summed E-state index contributed by atoms with van der Waals surface area (Å²) < 4.78 is 13.5. The molecule has 0 aliphatic carbocycles. The Bertz CT molecular complexity index is 1690. The Morgan fingerprint density at radius 3 is 2.50 bits per heavy atom. The topological polar surface area (TPSA) is 69.9 Å². The van der Waals surface area contributed by atoms with Crippen molar-refractivity contribution in [3.8, 4) is 5.75 Å². The molecular weight excluding hydrogens is 520 g/mol. The lowest BCUT2D eigenvalue weighted by Gasteiger charge is -2.24. The molecule has 0 unspecified atom stereocenters. The Balaban J connectivity index is 1.61. The summed E-state index contributed by atoms with van der Waals surface area (Å²) >= 11 is 7.40. The zero-order valence-electron chi connectivity index (χ0n) is 20.9. The van der Waals surface area contributed by atoms with Crippen molar-refractivity contribution in [3.05, 3.63) is 132 Å². The normalized spacial score (nSPS) is 15.1. The summed E-state index contributed by atoms with van der Waals surface area (Å²) in [6.45, 7) is 4.13. The van der Waals surface area contributed by atoms with E-state index in [0.717, 1.165) is 16.7 Å². The van der Waals surface area contributed by atoms with E-state index >= 15 is 0 Å². The van der Waals surface area contributed by atoms with Crippen molar-refractivity contribution >= 4 is 35.0 Å². The number of benzene rings is 3. The number of rotatable bonds is 7. The van der Waals surface area contributed by atoms with E-state index in [1.54, 1.807) is 30.5 Å². The lowest BCUT2D eigenvalue weighted by Crippen LogP contribution is -2.39. The first-order valence-corrected chi connectivity index (χ1v) is 13.4. The van der Waals surface area contributed by atoms with E-state index in [-0.39, 0.29) is 12.2 Å². The molecule has 0 bridgehead atoms. The molecule has 4 aromatic rings. The maximum absolute atomic E-state index is 13.8. The molecule has 1 aromatic heterocycles. The predicted octanol–water partition coefficient (Wildman–Crippen LogP) is 5.03. The van der Waals surface area contributed by atoms with Crippen molar-refractivity contribution in [2.45, 2.75) is 26.5 Å². The fraction of sp³-hybridized carbons (Fsp3) is 0.167. The lowest BCUT2D eigenvalue weighted by molar-refractivity contribution is -0.139. The SMILES string of the molecule is CCOC(=O)C1=C(C)N=c2s/c(=C/c3ccccc3OCc3ccccc3)c(=O)n2[C@H]1c1ccc(Cl)cc1. The summed E-state index contributed by atoms with van der Waals surface area (Å²) in [5.41, 5.74) is 3.17. The maximum atomic E-state index is 13.8. The summed E-state index contributed by atoms with van der Waals surface area (Å²) in [4.78, 5) is 32.0. The number of fused-ring (bicyclic) bond motifs is 1. The quantitative estimate of drug-likeness (QED) is 0.306. The van der Waals surface area contributed by atoms with E-state index in [0.29, 0.717) is 38.0 Å². The number of hydrogen-bond acceptors (Lipinski definition) is 6. The molecule has 0 saturated carbocycles. The van der Waals surface area contributed by atoms with Gasteiger partial charge in [0.15, 0.2) is 4.80 Å². The fourth-order valence-electron chi connectivity index (χ4n) is 4.36. The van der Waals surface area contributed by atoms with Crippen molar-refractivity contribution in [2.24, 2.45) is 4.99 Å². The summed E-state index contributed by atoms with van der Waals surface area (Å²) in [5.74, 6) is 0.169. The molecule has 8 heteroatoms. The van der Waals surface area contributed by atoms with Crippen LogP contribution in [0.5, 0.6) is 5.75 Å². The first kappa shape index (κ1) is 25.7. The Morgan fingerprint density at radius 2 is 1.76 bits per heavy atom. The van der Waals surface area contributed by atoms with Crippen LogP contribution in [-0.2, 0) is 16.1 Å². The zero-order chi connectivity index (χ0) is 26.6. The van der Waals surface area contributed by atoms with Crippen LogP contribution < -0.4 is 19.6 Å². The number of ether oxygens (including phenoxy) is 2. The summed E-state index contributed by atoms with van der Waals surface area (Å²) in [6.07, 6.45) is 1.81. The minimum absolute atomic E-state index is 0.215. The lowest BCUT2D eigenvalue weighted by atomic mass is 9.96. The Morgan fingerprint density at radius 1 is 1.05 bits per heavy atom. The smallest absolute Gasteiger partial charge is 0.338 e. The number of allylic oxidation sites excluding steroid dienone is 1. The number of thiazole rings is 1.